The van der Waals surface area contributed by atoms with Crippen LogP contribution >= 0.6 is 11.3 Å². The SMILES string of the molecule is CCN(C1CCCCC1)S(=O)(=O)c1ccc(C(=O)N=c2sc3ccccc3n2CC)cc1. The summed E-state index contributed by atoms with van der Waals surface area (Å²) >= 11 is 1.47. The third-order valence-electron chi connectivity index (χ3n) is 6.10. The Hall–Kier alpha value is -2.29. The number of thiazole rings is 1. The van der Waals surface area contributed by atoms with E-state index in [2.05, 4.69) is 4.99 Å². The van der Waals surface area contributed by atoms with Crippen molar-refractivity contribution >= 4 is 37.5 Å². The van der Waals surface area contributed by atoms with Crippen LogP contribution in [0.5, 0.6) is 0 Å². The van der Waals surface area contributed by atoms with Gasteiger partial charge in [-0.3, -0.25) is 4.79 Å². The predicted octanol–water partition coefficient (Wildman–Crippen LogP) is 4.81. The number of para-hydroxylation sites is 1. The Morgan fingerprint density at radius 2 is 1.75 bits per heavy atom. The van der Waals surface area contributed by atoms with Crippen LogP contribution in [0.25, 0.3) is 10.2 Å². The first kappa shape index (κ1) is 22.9. The molecular weight excluding hydrogens is 442 g/mol. The van der Waals surface area contributed by atoms with E-state index >= 15 is 0 Å². The van der Waals surface area contributed by atoms with Crippen LogP contribution in [0, 0.1) is 0 Å². The largest absolute Gasteiger partial charge is 0.317 e. The zero-order chi connectivity index (χ0) is 22.7. The van der Waals surface area contributed by atoms with Gasteiger partial charge in [0.05, 0.1) is 15.1 Å². The van der Waals surface area contributed by atoms with Crippen molar-refractivity contribution in [3.8, 4) is 0 Å². The van der Waals surface area contributed by atoms with Gasteiger partial charge >= 0.3 is 0 Å². The number of carbonyl (C=O) groups excluding carboxylic acids is 1. The number of rotatable bonds is 6. The highest BCUT2D eigenvalue weighted by atomic mass is 32.2. The van der Waals surface area contributed by atoms with Gasteiger partial charge in [-0.05, 0) is 56.2 Å². The van der Waals surface area contributed by atoms with Crippen molar-refractivity contribution in [2.24, 2.45) is 4.99 Å². The number of nitrogens with zero attached hydrogens (tertiary/aromatic N) is 3. The zero-order valence-corrected chi connectivity index (χ0v) is 20.2. The molecule has 4 rings (SSSR count). The summed E-state index contributed by atoms with van der Waals surface area (Å²) in [5.74, 6) is -0.373. The smallest absolute Gasteiger partial charge is 0.279 e. The number of aromatic nitrogens is 1. The maximum Gasteiger partial charge on any atom is 0.279 e. The molecule has 2 aromatic carbocycles. The van der Waals surface area contributed by atoms with Gasteiger partial charge < -0.3 is 4.57 Å². The van der Waals surface area contributed by atoms with E-state index in [4.69, 9.17) is 0 Å². The molecule has 1 saturated carbocycles. The first-order valence-electron chi connectivity index (χ1n) is 11.2. The topological polar surface area (TPSA) is 71.7 Å². The second kappa shape index (κ2) is 9.68. The Morgan fingerprint density at radius 1 is 1.06 bits per heavy atom. The van der Waals surface area contributed by atoms with E-state index in [0.717, 1.165) is 35.9 Å². The predicted molar refractivity (Wildman–Crippen MR) is 128 cm³/mol. The molecule has 6 nitrogen and oxygen atoms in total. The number of hydrogen-bond acceptors (Lipinski definition) is 4. The van der Waals surface area contributed by atoms with E-state index < -0.39 is 10.0 Å². The molecule has 0 saturated heterocycles. The Balaban J connectivity index is 1.61. The van der Waals surface area contributed by atoms with Crippen molar-refractivity contribution in [3.63, 3.8) is 0 Å². The van der Waals surface area contributed by atoms with Gasteiger partial charge in [0, 0.05) is 24.7 Å². The number of hydrogen-bond donors (Lipinski definition) is 0. The number of aryl methyl sites for hydroxylation is 1. The Labute approximate surface area is 193 Å². The molecule has 1 amide bonds. The van der Waals surface area contributed by atoms with E-state index in [-0.39, 0.29) is 16.8 Å². The summed E-state index contributed by atoms with van der Waals surface area (Å²) < 4.78 is 31.2. The summed E-state index contributed by atoms with van der Waals surface area (Å²) in [5, 5.41) is 0. The molecule has 8 heteroatoms. The number of benzene rings is 2. The van der Waals surface area contributed by atoms with Crippen LogP contribution in [-0.4, -0.2) is 35.8 Å². The number of fused-ring (bicyclic) bond motifs is 1. The van der Waals surface area contributed by atoms with Crippen LogP contribution in [0.2, 0.25) is 0 Å². The Morgan fingerprint density at radius 3 is 2.41 bits per heavy atom. The van der Waals surface area contributed by atoms with Crippen molar-refractivity contribution in [3.05, 3.63) is 58.9 Å². The summed E-state index contributed by atoms with van der Waals surface area (Å²) in [6, 6.07) is 14.2. The second-order valence-corrected chi connectivity index (χ2v) is 10.9. The van der Waals surface area contributed by atoms with Crippen molar-refractivity contribution in [1.82, 2.24) is 8.87 Å². The molecule has 0 bridgehead atoms. The lowest BCUT2D eigenvalue weighted by atomic mass is 9.95. The highest BCUT2D eigenvalue weighted by molar-refractivity contribution is 7.89. The van der Waals surface area contributed by atoms with Gasteiger partial charge in [0.15, 0.2) is 4.80 Å². The normalized spacial score (nSPS) is 16.2. The molecule has 1 heterocycles. The summed E-state index contributed by atoms with van der Waals surface area (Å²) in [6.07, 6.45) is 5.14. The molecule has 0 atom stereocenters. The van der Waals surface area contributed by atoms with Gasteiger partial charge in [0.25, 0.3) is 5.91 Å². The van der Waals surface area contributed by atoms with Gasteiger partial charge in [-0.15, -0.1) is 0 Å². The van der Waals surface area contributed by atoms with Crippen molar-refractivity contribution in [2.75, 3.05) is 6.54 Å². The minimum absolute atomic E-state index is 0.0625. The highest BCUT2D eigenvalue weighted by Crippen LogP contribution is 2.28. The standard InChI is InChI=1S/C24H29N3O3S2/c1-3-26-21-12-8-9-13-22(21)31-24(26)25-23(28)18-14-16-20(17-15-18)32(29,30)27(4-2)19-10-6-5-7-11-19/h8-9,12-17,19H,3-7,10-11H2,1-2H3. The monoisotopic (exact) mass is 471 g/mol. The fraction of sp³-hybridized carbons (Fsp3) is 0.417. The zero-order valence-electron chi connectivity index (χ0n) is 18.5. The number of sulfonamides is 1. The molecule has 0 radical (unpaired) electrons. The maximum atomic E-state index is 13.2. The maximum absolute atomic E-state index is 13.2. The Kier molecular flexibility index (Phi) is 6.93. The average molecular weight is 472 g/mol. The summed E-state index contributed by atoms with van der Waals surface area (Å²) in [5.41, 5.74) is 1.43. The molecule has 1 aliphatic rings. The minimum Gasteiger partial charge on any atom is -0.317 e. The third kappa shape index (κ3) is 4.44. The third-order valence-corrected chi connectivity index (χ3v) is 9.20. The molecule has 1 aliphatic carbocycles. The number of amides is 1. The van der Waals surface area contributed by atoms with Gasteiger partial charge in [-0.1, -0.05) is 49.7 Å². The molecule has 3 aromatic rings. The highest BCUT2D eigenvalue weighted by Gasteiger charge is 2.31. The van der Waals surface area contributed by atoms with Crippen LogP contribution in [0.1, 0.15) is 56.3 Å². The lowest BCUT2D eigenvalue weighted by Crippen LogP contribution is -2.41. The molecule has 0 N–H and O–H groups in total. The molecule has 0 aliphatic heterocycles. The summed E-state index contributed by atoms with van der Waals surface area (Å²) in [4.78, 5) is 18.0. The quantitative estimate of drug-likeness (QED) is 0.518. The van der Waals surface area contributed by atoms with E-state index in [9.17, 15) is 13.2 Å². The van der Waals surface area contributed by atoms with Crippen molar-refractivity contribution < 1.29 is 13.2 Å². The first-order chi connectivity index (χ1) is 15.5. The van der Waals surface area contributed by atoms with Crippen LogP contribution in [0.4, 0.5) is 0 Å². The van der Waals surface area contributed by atoms with E-state index in [1.165, 1.54) is 29.9 Å². The average Bonchev–Trinajstić information content (AvgIpc) is 3.17. The van der Waals surface area contributed by atoms with Gasteiger partial charge in [-0.25, -0.2) is 8.42 Å². The van der Waals surface area contributed by atoms with Gasteiger partial charge in [0.1, 0.15) is 0 Å². The second-order valence-electron chi connectivity index (χ2n) is 8.04. The molecule has 1 aromatic heterocycles. The van der Waals surface area contributed by atoms with Crippen LogP contribution in [0.3, 0.4) is 0 Å². The fourth-order valence-electron chi connectivity index (χ4n) is 4.46. The van der Waals surface area contributed by atoms with Crippen molar-refractivity contribution in [2.45, 2.75) is 63.4 Å². The lowest BCUT2D eigenvalue weighted by molar-refractivity contribution is 0.0997. The van der Waals surface area contributed by atoms with Gasteiger partial charge in [-0.2, -0.15) is 9.30 Å². The minimum atomic E-state index is -3.59. The molecule has 170 valence electrons. The Bertz CT molecular complexity index is 1270. The van der Waals surface area contributed by atoms with Crippen LogP contribution in [0.15, 0.2) is 58.4 Å². The van der Waals surface area contributed by atoms with E-state index in [1.54, 1.807) is 16.4 Å². The van der Waals surface area contributed by atoms with Crippen LogP contribution in [-0.2, 0) is 16.6 Å². The molecule has 32 heavy (non-hydrogen) atoms. The van der Waals surface area contributed by atoms with E-state index in [1.807, 2.05) is 42.7 Å². The van der Waals surface area contributed by atoms with Crippen molar-refractivity contribution in [1.29, 1.82) is 0 Å². The molecule has 0 spiro atoms. The molecular formula is C24H29N3O3S2. The number of carbonyl (C=O) groups is 1. The van der Waals surface area contributed by atoms with Gasteiger partial charge in [0.2, 0.25) is 10.0 Å². The fourth-order valence-corrected chi connectivity index (χ4v) is 7.25. The molecule has 0 unspecified atom stereocenters. The first-order valence-corrected chi connectivity index (χ1v) is 13.5. The summed E-state index contributed by atoms with van der Waals surface area (Å²) in [7, 11) is -3.59. The van der Waals surface area contributed by atoms with E-state index in [0.29, 0.717) is 23.5 Å². The van der Waals surface area contributed by atoms with Crippen LogP contribution < -0.4 is 4.80 Å². The molecule has 1 fully saturated rings. The lowest BCUT2D eigenvalue weighted by Gasteiger charge is -2.32. The summed E-state index contributed by atoms with van der Waals surface area (Å²) in [6.45, 7) is 5.07.